The summed E-state index contributed by atoms with van der Waals surface area (Å²) in [6.07, 6.45) is 2.67. The molecular formula is C15H22N4O. The second-order valence-corrected chi connectivity index (χ2v) is 4.78. The van der Waals surface area contributed by atoms with Gasteiger partial charge in [-0.15, -0.1) is 0 Å². The van der Waals surface area contributed by atoms with Crippen molar-refractivity contribution < 1.29 is 4.74 Å². The number of methoxy groups -OCH3 is 1. The van der Waals surface area contributed by atoms with Crippen LogP contribution in [0.3, 0.4) is 0 Å². The Morgan fingerprint density at radius 1 is 1.40 bits per heavy atom. The highest BCUT2D eigenvalue weighted by Crippen LogP contribution is 2.18. The first-order chi connectivity index (χ1) is 9.74. The van der Waals surface area contributed by atoms with Crippen LogP contribution in [0.4, 0.5) is 0 Å². The van der Waals surface area contributed by atoms with Crippen LogP contribution in [0.15, 0.2) is 30.6 Å². The minimum absolute atomic E-state index is 0.233. The first kappa shape index (κ1) is 14.5. The summed E-state index contributed by atoms with van der Waals surface area (Å²) in [5, 5.41) is 7.70. The topological polar surface area (TPSA) is 52.0 Å². The molecular weight excluding hydrogens is 252 g/mol. The highest BCUT2D eigenvalue weighted by Gasteiger charge is 2.08. The van der Waals surface area contributed by atoms with Gasteiger partial charge in [-0.3, -0.25) is 0 Å². The number of hydrogen-bond donors (Lipinski definition) is 1. The largest absolute Gasteiger partial charge is 0.497 e. The second kappa shape index (κ2) is 7.05. The summed E-state index contributed by atoms with van der Waals surface area (Å²) in [4.78, 5) is 4.30. The number of hydrogen-bond acceptors (Lipinski definition) is 4. The van der Waals surface area contributed by atoms with E-state index in [1.54, 1.807) is 13.4 Å². The first-order valence-electron chi connectivity index (χ1n) is 6.98. The SMILES string of the molecule is CCCn1ncnc1CN[C@@H](C)c1cccc(OC)c1. The number of ether oxygens (including phenoxy) is 1. The van der Waals surface area contributed by atoms with Gasteiger partial charge in [-0.1, -0.05) is 19.1 Å². The fourth-order valence-electron chi connectivity index (χ4n) is 2.10. The third-order valence-electron chi connectivity index (χ3n) is 3.29. The van der Waals surface area contributed by atoms with Crippen LogP contribution in [0.1, 0.15) is 37.7 Å². The summed E-state index contributed by atoms with van der Waals surface area (Å²) in [5.41, 5.74) is 1.20. The fraction of sp³-hybridized carbons (Fsp3) is 0.467. The number of rotatable bonds is 7. The minimum atomic E-state index is 0.233. The molecule has 1 heterocycles. The molecule has 0 saturated heterocycles. The average molecular weight is 274 g/mol. The van der Waals surface area contributed by atoms with Gasteiger partial charge in [-0.25, -0.2) is 9.67 Å². The van der Waals surface area contributed by atoms with Crippen LogP contribution in [0.2, 0.25) is 0 Å². The fourth-order valence-corrected chi connectivity index (χ4v) is 2.10. The Balaban J connectivity index is 1.97. The molecule has 108 valence electrons. The van der Waals surface area contributed by atoms with E-state index in [0.29, 0.717) is 6.54 Å². The van der Waals surface area contributed by atoms with Crippen molar-refractivity contribution in [3.8, 4) is 5.75 Å². The summed E-state index contributed by atoms with van der Waals surface area (Å²) in [6, 6.07) is 8.34. The predicted octanol–water partition coefficient (Wildman–Crippen LogP) is 2.55. The van der Waals surface area contributed by atoms with Gasteiger partial charge in [0, 0.05) is 12.6 Å². The predicted molar refractivity (Wildman–Crippen MR) is 78.6 cm³/mol. The monoisotopic (exact) mass is 274 g/mol. The molecule has 1 N–H and O–H groups in total. The molecule has 5 nitrogen and oxygen atoms in total. The standard InChI is InChI=1S/C15H22N4O/c1-4-8-19-15(17-11-18-19)10-16-12(2)13-6-5-7-14(9-13)20-3/h5-7,9,11-12,16H,4,8,10H2,1-3H3/t12-/m0/s1. The number of aromatic nitrogens is 3. The molecule has 0 fully saturated rings. The minimum Gasteiger partial charge on any atom is -0.497 e. The molecule has 0 unspecified atom stereocenters. The molecule has 0 spiro atoms. The summed E-state index contributed by atoms with van der Waals surface area (Å²) in [5.74, 6) is 1.85. The van der Waals surface area contributed by atoms with Crippen molar-refractivity contribution in [3.05, 3.63) is 42.0 Å². The molecule has 0 saturated carbocycles. The Kier molecular flexibility index (Phi) is 5.12. The zero-order chi connectivity index (χ0) is 14.4. The molecule has 1 aromatic carbocycles. The van der Waals surface area contributed by atoms with Crippen molar-refractivity contribution in [1.82, 2.24) is 20.1 Å². The second-order valence-electron chi connectivity index (χ2n) is 4.78. The number of nitrogens with one attached hydrogen (secondary N) is 1. The Morgan fingerprint density at radius 3 is 3.00 bits per heavy atom. The van der Waals surface area contributed by atoms with Crippen LogP contribution >= 0.6 is 0 Å². The van der Waals surface area contributed by atoms with E-state index in [2.05, 4.69) is 41.4 Å². The van der Waals surface area contributed by atoms with E-state index < -0.39 is 0 Å². The zero-order valence-corrected chi connectivity index (χ0v) is 12.3. The Labute approximate surface area is 120 Å². The molecule has 0 amide bonds. The molecule has 20 heavy (non-hydrogen) atoms. The van der Waals surface area contributed by atoms with Gasteiger partial charge in [0.15, 0.2) is 0 Å². The van der Waals surface area contributed by atoms with Crippen LogP contribution in [0.5, 0.6) is 5.75 Å². The molecule has 0 aliphatic heterocycles. The number of nitrogens with zero attached hydrogens (tertiary/aromatic N) is 3. The van der Waals surface area contributed by atoms with Gasteiger partial charge in [0.1, 0.15) is 17.9 Å². The van der Waals surface area contributed by atoms with Gasteiger partial charge in [0.05, 0.1) is 13.7 Å². The van der Waals surface area contributed by atoms with E-state index in [0.717, 1.165) is 24.5 Å². The maximum atomic E-state index is 5.25. The first-order valence-corrected chi connectivity index (χ1v) is 6.98. The van der Waals surface area contributed by atoms with Crippen LogP contribution < -0.4 is 10.1 Å². The lowest BCUT2D eigenvalue weighted by Crippen LogP contribution is -2.21. The van der Waals surface area contributed by atoms with E-state index in [1.165, 1.54) is 5.56 Å². The highest BCUT2D eigenvalue weighted by atomic mass is 16.5. The van der Waals surface area contributed by atoms with Gasteiger partial charge in [-0.2, -0.15) is 5.10 Å². The van der Waals surface area contributed by atoms with Crippen molar-refractivity contribution in [1.29, 1.82) is 0 Å². The van der Waals surface area contributed by atoms with E-state index in [4.69, 9.17) is 4.74 Å². The van der Waals surface area contributed by atoms with E-state index >= 15 is 0 Å². The number of aryl methyl sites for hydroxylation is 1. The third-order valence-corrected chi connectivity index (χ3v) is 3.29. The van der Waals surface area contributed by atoms with Crippen molar-refractivity contribution in [2.45, 2.75) is 39.4 Å². The van der Waals surface area contributed by atoms with E-state index in [9.17, 15) is 0 Å². The van der Waals surface area contributed by atoms with Gasteiger partial charge in [-0.05, 0) is 31.0 Å². The quantitative estimate of drug-likeness (QED) is 0.843. The molecule has 0 aliphatic carbocycles. The van der Waals surface area contributed by atoms with Gasteiger partial charge < -0.3 is 10.1 Å². The lowest BCUT2D eigenvalue weighted by molar-refractivity contribution is 0.413. The van der Waals surface area contributed by atoms with E-state index in [-0.39, 0.29) is 6.04 Å². The Bertz CT molecular complexity index is 538. The van der Waals surface area contributed by atoms with Gasteiger partial charge >= 0.3 is 0 Å². The zero-order valence-electron chi connectivity index (χ0n) is 12.3. The van der Waals surface area contributed by atoms with Gasteiger partial charge in [0.25, 0.3) is 0 Å². The van der Waals surface area contributed by atoms with Crippen molar-refractivity contribution >= 4 is 0 Å². The lowest BCUT2D eigenvalue weighted by atomic mass is 10.1. The van der Waals surface area contributed by atoms with Crippen LogP contribution in [0, 0.1) is 0 Å². The smallest absolute Gasteiger partial charge is 0.140 e. The lowest BCUT2D eigenvalue weighted by Gasteiger charge is -2.15. The molecule has 0 aliphatic rings. The van der Waals surface area contributed by atoms with Crippen LogP contribution in [-0.2, 0) is 13.1 Å². The summed E-state index contributed by atoms with van der Waals surface area (Å²) < 4.78 is 7.20. The summed E-state index contributed by atoms with van der Waals surface area (Å²) >= 11 is 0. The summed E-state index contributed by atoms with van der Waals surface area (Å²) in [6.45, 7) is 5.88. The molecule has 0 radical (unpaired) electrons. The van der Waals surface area contributed by atoms with Crippen molar-refractivity contribution in [2.75, 3.05) is 7.11 Å². The molecule has 1 aromatic heterocycles. The van der Waals surface area contributed by atoms with Crippen molar-refractivity contribution in [3.63, 3.8) is 0 Å². The third kappa shape index (κ3) is 3.57. The molecule has 2 aromatic rings. The maximum absolute atomic E-state index is 5.25. The van der Waals surface area contributed by atoms with Crippen LogP contribution in [-0.4, -0.2) is 21.9 Å². The summed E-state index contributed by atoms with van der Waals surface area (Å²) in [7, 11) is 1.68. The van der Waals surface area contributed by atoms with Gasteiger partial charge in [0.2, 0.25) is 0 Å². The number of benzene rings is 1. The maximum Gasteiger partial charge on any atom is 0.140 e. The van der Waals surface area contributed by atoms with Crippen LogP contribution in [0.25, 0.3) is 0 Å². The molecule has 0 bridgehead atoms. The van der Waals surface area contributed by atoms with E-state index in [1.807, 2.05) is 16.8 Å². The Hall–Kier alpha value is -1.88. The van der Waals surface area contributed by atoms with Crippen molar-refractivity contribution in [2.24, 2.45) is 0 Å². The highest BCUT2D eigenvalue weighted by molar-refractivity contribution is 5.30. The molecule has 2 rings (SSSR count). The average Bonchev–Trinajstić information content (AvgIpc) is 2.92. The molecule has 5 heteroatoms. The molecule has 1 atom stereocenters. The Morgan fingerprint density at radius 2 is 2.25 bits per heavy atom. The normalized spacial score (nSPS) is 12.3.